The molecule has 32 heavy (non-hydrogen) atoms. The second-order valence-electron chi connectivity index (χ2n) is 7.27. The smallest absolute Gasteiger partial charge is 0.180 e. The molecule has 0 saturated carbocycles. The number of nitrogens with one attached hydrogen (secondary N) is 2. The molecule has 4 rings (SSSR count). The van der Waals surface area contributed by atoms with E-state index in [-0.39, 0.29) is 6.73 Å². The minimum Gasteiger partial charge on any atom is -0.471 e. The predicted molar refractivity (Wildman–Crippen MR) is 131 cm³/mol. The fraction of sp³-hybridized carbons (Fsp3) is 0.174. The Morgan fingerprint density at radius 3 is 2.69 bits per heavy atom. The Bertz CT molecular complexity index is 1220. The van der Waals surface area contributed by atoms with Gasteiger partial charge in [0.1, 0.15) is 5.75 Å². The van der Waals surface area contributed by atoms with Gasteiger partial charge in [-0.05, 0) is 49.8 Å². The van der Waals surface area contributed by atoms with Crippen molar-refractivity contribution in [3.63, 3.8) is 0 Å². The van der Waals surface area contributed by atoms with Crippen molar-refractivity contribution in [2.24, 2.45) is 0 Å². The van der Waals surface area contributed by atoms with Crippen LogP contribution in [0, 0.1) is 13.8 Å². The SMILES string of the molecule is Cc1nn(Cc2ccccc2)c(C)c1NC(=S)Nc1cnn(COc2cccc(Cl)c2)c1. The molecule has 0 spiro atoms. The second-order valence-corrected chi connectivity index (χ2v) is 8.11. The summed E-state index contributed by atoms with van der Waals surface area (Å²) in [5.41, 5.74) is 4.74. The van der Waals surface area contributed by atoms with Crippen LogP contribution in [-0.2, 0) is 13.3 Å². The molecule has 9 heteroatoms. The van der Waals surface area contributed by atoms with Gasteiger partial charge in [-0.2, -0.15) is 10.2 Å². The standard InChI is InChI=1S/C23H23ClN6OS/c1-16-22(17(2)30(28-16)13-18-7-4-3-5-8-18)27-23(32)26-20-12-25-29(14-20)15-31-21-10-6-9-19(24)11-21/h3-12,14H,13,15H2,1-2H3,(H2,26,27,32). The van der Waals surface area contributed by atoms with E-state index in [0.29, 0.717) is 22.4 Å². The zero-order chi connectivity index (χ0) is 22.5. The van der Waals surface area contributed by atoms with Gasteiger partial charge in [-0.15, -0.1) is 0 Å². The molecule has 2 N–H and O–H groups in total. The van der Waals surface area contributed by atoms with Crippen LogP contribution in [0.25, 0.3) is 0 Å². The Kier molecular flexibility index (Phi) is 6.72. The number of aryl methyl sites for hydroxylation is 1. The first-order valence-corrected chi connectivity index (χ1v) is 10.8. The average molecular weight is 467 g/mol. The van der Waals surface area contributed by atoms with Crippen LogP contribution in [0.5, 0.6) is 5.75 Å². The number of hydrogen-bond donors (Lipinski definition) is 2. The van der Waals surface area contributed by atoms with Crippen LogP contribution < -0.4 is 15.4 Å². The Morgan fingerprint density at radius 2 is 1.91 bits per heavy atom. The number of aromatic nitrogens is 4. The van der Waals surface area contributed by atoms with Gasteiger partial charge in [0.05, 0.1) is 41.7 Å². The summed E-state index contributed by atoms with van der Waals surface area (Å²) in [6.07, 6.45) is 3.50. The summed E-state index contributed by atoms with van der Waals surface area (Å²) >= 11 is 11.5. The Balaban J connectivity index is 1.35. The van der Waals surface area contributed by atoms with Crippen molar-refractivity contribution >= 4 is 40.3 Å². The third-order valence-electron chi connectivity index (χ3n) is 4.85. The van der Waals surface area contributed by atoms with Crippen LogP contribution in [0.4, 0.5) is 11.4 Å². The lowest BCUT2D eigenvalue weighted by Crippen LogP contribution is -2.19. The third-order valence-corrected chi connectivity index (χ3v) is 5.29. The molecule has 0 fully saturated rings. The molecule has 0 saturated heterocycles. The van der Waals surface area contributed by atoms with Crippen LogP contribution in [-0.4, -0.2) is 24.7 Å². The Morgan fingerprint density at radius 1 is 1.09 bits per heavy atom. The number of anilines is 2. The first-order valence-electron chi connectivity index (χ1n) is 10.0. The van der Waals surface area contributed by atoms with Crippen LogP contribution in [0.3, 0.4) is 0 Å². The molecule has 2 heterocycles. The maximum Gasteiger partial charge on any atom is 0.180 e. The highest BCUT2D eigenvalue weighted by molar-refractivity contribution is 7.80. The van der Waals surface area contributed by atoms with Crippen molar-refractivity contribution in [3.8, 4) is 5.75 Å². The lowest BCUT2D eigenvalue weighted by molar-refractivity contribution is 0.221. The molecule has 0 bridgehead atoms. The van der Waals surface area contributed by atoms with Crippen LogP contribution in [0.2, 0.25) is 5.02 Å². The van der Waals surface area contributed by atoms with Gasteiger partial charge in [-0.1, -0.05) is 48.0 Å². The maximum absolute atomic E-state index is 5.98. The maximum atomic E-state index is 5.98. The number of nitrogens with zero attached hydrogens (tertiary/aromatic N) is 4. The third kappa shape index (κ3) is 5.46. The van der Waals surface area contributed by atoms with E-state index in [9.17, 15) is 0 Å². The van der Waals surface area contributed by atoms with Crippen molar-refractivity contribution in [1.82, 2.24) is 19.6 Å². The quantitative estimate of drug-likeness (QED) is 0.363. The van der Waals surface area contributed by atoms with Crippen molar-refractivity contribution in [2.75, 3.05) is 10.6 Å². The van der Waals surface area contributed by atoms with Gasteiger partial charge in [0.15, 0.2) is 11.8 Å². The lowest BCUT2D eigenvalue weighted by Gasteiger charge is -2.10. The van der Waals surface area contributed by atoms with Gasteiger partial charge in [0.25, 0.3) is 0 Å². The Hall–Kier alpha value is -3.36. The summed E-state index contributed by atoms with van der Waals surface area (Å²) < 4.78 is 9.34. The number of ether oxygens (including phenoxy) is 1. The van der Waals surface area contributed by atoms with E-state index in [0.717, 1.165) is 22.8 Å². The molecule has 164 valence electrons. The summed E-state index contributed by atoms with van der Waals surface area (Å²) in [5, 5.41) is 16.4. The summed E-state index contributed by atoms with van der Waals surface area (Å²) in [5.74, 6) is 0.679. The topological polar surface area (TPSA) is 68.9 Å². The van der Waals surface area contributed by atoms with E-state index >= 15 is 0 Å². The van der Waals surface area contributed by atoms with Crippen molar-refractivity contribution < 1.29 is 4.74 Å². The van der Waals surface area contributed by atoms with Gasteiger partial charge in [-0.25, -0.2) is 4.68 Å². The van der Waals surface area contributed by atoms with Gasteiger partial charge >= 0.3 is 0 Å². The fourth-order valence-electron chi connectivity index (χ4n) is 3.26. The van der Waals surface area contributed by atoms with E-state index in [4.69, 9.17) is 28.6 Å². The summed E-state index contributed by atoms with van der Waals surface area (Å²) in [4.78, 5) is 0. The van der Waals surface area contributed by atoms with Crippen LogP contribution >= 0.6 is 23.8 Å². The Labute approximate surface area is 197 Å². The highest BCUT2D eigenvalue weighted by Crippen LogP contribution is 2.21. The first kappa shape index (κ1) is 21.9. The van der Waals surface area contributed by atoms with Gasteiger partial charge in [0.2, 0.25) is 0 Å². The average Bonchev–Trinajstić information content (AvgIpc) is 3.32. The van der Waals surface area contributed by atoms with Gasteiger partial charge in [0, 0.05) is 5.02 Å². The van der Waals surface area contributed by atoms with Crippen LogP contribution in [0.1, 0.15) is 17.0 Å². The van der Waals surface area contributed by atoms with Gasteiger partial charge < -0.3 is 15.4 Å². The summed E-state index contributed by atoms with van der Waals surface area (Å²) in [6.45, 7) is 4.95. The molecule has 0 aliphatic heterocycles. The highest BCUT2D eigenvalue weighted by atomic mass is 35.5. The highest BCUT2D eigenvalue weighted by Gasteiger charge is 2.13. The minimum absolute atomic E-state index is 0.257. The molecule has 7 nitrogen and oxygen atoms in total. The number of halogens is 1. The van der Waals surface area contributed by atoms with E-state index in [2.05, 4.69) is 33.0 Å². The van der Waals surface area contributed by atoms with Crippen molar-refractivity contribution in [3.05, 3.63) is 89.0 Å². The molecule has 0 aliphatic carbocycles. The molecular weight excluding hydrogens is 444 g/mol. The van der Waals surface area contributed by atoms with E-state index < -0.39 is 0 Å². The monoisotopic (exact) mass is 466 g/mol. The van der Waals surface area contributed by atoms with Crippen LogP contribution in [0.15, 0.2) is 67.0 Å². The number of hydrogen-bond acceptors (Lipinski definition) is 4. The predicted octanol–water partition coefficient (Wildman–Crippen LogP) is 5.24. The molecule has 2 aromatic carbocycles. The molecule has 0 aliphatic rings. The number of thiocarbonyl (C=S) groups is 1. The molecule has 0 unspecified atom stereocenters. The summed E-state index contributed by atoms with van der Waals surface area (Å²) in [7, 11) is 0. The summed E-state index contributed by atoms with van der Waals surface area (Å²) in [6, 6.07) is 17.5. The zero-order valence-corrected chi connectivity index (χ0v) is 19.3. The first-order chi connectivity index (χ1) is 15.5. The van der Waals surface area contributed by atoms with Crippen molar-refractivity contribution in [1.29, 1.82) is 0 Å². The number of rotatable bonds is 7. The fourth-order valence-corrected chi connectivity index (χ4v) is 3.66. The number of benzene rings is 2. The molecule has 2 aromatic heterocycles. The molecular formula is C23H23ClN6OS. The van der Waals surface area contributed by atoms with E-state index in [1.807, 2.05) is 55.1 Å². The largest absolute Gasteiger partial charge is 0.471 e. The minimum atomic E-state index is 0.257. The zero-order valence-electron chi connectivity index (χ0n) is 17.7. The molecule has 0 atom stereocenters. The molecule has 4 aromatic rings. The van der Waals surface area contributed by atoms with Gasteiger partial charge in [-0.3, -0.25) is 4.68 Å². The molecule has 0 radical (unpaired) electrons. The molecule has 0 amide bonds. The van der Waals surface area contributed by atoms with E-state index in [1.54, 1.807) is 23.0 Å². The lowest BCUT2D eigenvalue weighted by atomic mass is 10.2. The normalized spacial score (nSPS) is 10.7. The van der Waals surface area contributed by atoms with E-state index in [1.165, 1.54) is 5.56 Å². The second kappa shape index (κ2) is 9.84. The van der Waals surface area contributed by atoms with Crippen molar-refractivity contribution in [2.45, 2.75) is 27.1 Å².